The molecule has 0 saturated heterocycles. The number of ether oxygens (including phenoxy) is 1. The smallest absolute Gasteiger partial charge is 0.328 e. The van der Waals surface area contributed by atoms with Gasteiger partial charge in [0.05, 0.1) is 6.61 Å². The van der Waals surface area contributed by atoms with Gasteiger partial charge < -0.3 is 20.3 Å². The van der Waals surface area contributed by atoms with Crippen LogP contribution >= 0.6 is 15.9 Å². The second-order valence-electron chi connectivity index (χ2n) is 3.38. The normalized spacial score (nSPS) is 11.7. The topological polar surface area (TPSA) is 95.9 Å². The maximum atomic E-state index is 11.3. The lowest BCUT2D eigenvalue weighted by atomic mass is 10.3. The Morgan fingerprint density at radius 2 is 1.94 bits per heavy atom. The molecule has 1 amide bonds. The molecule has 1 atom stereocenters. The van der Waals surface area contributed by atoms with E-state index in [4.69, 9.17) is 14.9 Å². The molecule has 0 aliphatic carbocycles. The number of hydrogen-bond donors (Lipinski definition) is 3. The van der Waals surface area contributed by atoms with Crippen molar-refractivity contribution < 1.29 is 24.5 Å². The first-order chi connectivity index (χ1) is 8.52. The molecule has 6 nitrogen and oxygen atoms in total. The number of carboxylic acids is 1. The number of carbonyl (C=O) groups is 2. The molecular weight excluding hydrogens is 306 g/mol. The van der Waals surface area contributed by atoms with Gasteiger partial charge in [-0.1, -0.05) is 15.9 Å². The van der Waals surface area contributed by atoms with Gasteiger partial charge >= 0.3 is 5.97 Å². The number of carboxylic acid groups (broad SMARTS) is 1. The van der Waals surface area contributed by atoms with Crippen LogP contribution in [0.1, 0.15) is 0 Å². The molecule has 1 aromatic carbocycles. The molecule has 98 valence electrons. The number of nitrogens with one attached hydrogen (secondary N) is 1. The minimum atomic E-state index is -1.31. The first kappa shape index (κ1) is 14.5. The molecule has 0 radical (unpaired) electrons. The third-order valence-electron chi connectivity index (χ3n) is 2.00. The fraction of sp³-hybridized carbons (Fsp3) is 0.273. The predicted molar refractivity (Wildman–Crippen MR) is 66.3 cm³/mol. The van der Waals surface area contributed by atoms with E-state index in [0.717, 1.165) is 4.47 Å². The molecule has 0 aliphatic heterocycles. The summed E-state index contributed by atoms with van der Waals surface area (Å²) in [5, 5.41) is 19.5. The maximum absolute atomic E-state index is 11.3. The van der Waals surface area contributed by atoms with Crippen molar-refractivity contribution in [1.82, 2.24) is 5.32 Å². The molecule has 1 aromatic rings. The summed E-state index contributed by atoms with van der Waals surface area (Å²) in [5.74, 6) is -1.42. The van der Waals surface area contributed by atoms with Gasteiger partial charge in [-0.15, -0.1) is 0 Å². The Bertz CT molecular complexity index is 420. The van der Waals surface area contributed by atoms with Crippen molar-refractivity contribution in [2.24, 2.45) is 0 Å². The second kappa shape index (κ2) is 6.97. The highest BCUT2D eigenvalue weighted by molar-refractivity contribution is 9.10. The number of carbonyl (C=O) groups excluding carboxylic acids is 1. The van der Waals surface area contributed by atoms with E-state index in [-0.39, 0.29) is 6.61 Å². The summed E-state index contributed by atoms with van der Waals surface area (Å²) in [4.78, 5) is 21.9. The third kappa shape index (κ3) is 4.72. The molecule has 0 heterocycles. The van der Waals surface area contributed by atoms with Crippen LogP contribution in [0.2, 0.25) is 0 Å². The molecule has 0 saturated carbocycles. The largest absolute Gasteiger partial charge is 0.484 e. The van der Waals surface area contributed by atoms with Crippen LogP contribution in [0.3, 0.4) is 0 Å². The lowest BCUT2D eigenvalue weighted by Crippen LogP contribution is -2.45. The molecule has 3 N–H and O–H groups in total. The van der Waals surface area contributed by atoms with Crippen molar-refractivity contribution in [2.75, 3.05) is 13.2 Å². The van der Waals surface area contributed by atoms with Crippen LogP contribution in [0.5, 0.6) is 5.75 Å². The summed E-state index contributed by atoms with van der Waals surface area (Å²) in [6.45, 7) is -0.981. The molecule has 0 aromatic heterocycles. The Labute approximate surface area is 112 Å². The monoisotopic (exact) mass is 317 g/mol. The summed E-state index contributed by atoms with van der Waals surface area (Å²) in [6, 6.07) is 5.52. The van der Waals surface area contributed by atoms with Crippen molar-refractivity contribution >= 4 is 27.8 Å². The van der Waals surface area contributed by atoms with Gasteiger partial charge in [-0.2, -0.15) is 0 Å². The zero-order valence-corrected chi connectivity index (χ0v) is 10.9. The van der Waals surface area contributed by atoms with Crippen molar-refractivity contribution in [3.8, 4) is 5.75 Å². The Kier molecular flexibility index (Phi) is 5.60. The molecule has 1 rings (SSSR count). The van der Waals surface area contributed by atoms with E-state index in [0.29, 0.717) is 5.75 Å². The molecular formula is C11H12BrNO5. The highest BCUT2D eigenvalue weighted by Crippen LogP contribution is 2.15. The lowest BCUT2D eigenvalue weighted by Gasteiger charge is -2.12. The average molecular weight is 318 g/mol. The van der Waals surface area contributed by atoms with Crippen LogP contribution in [0.25, 0.3) is 0 Å². The van der Waals surface area contributed by atoms with Gasteiger partial charge in [0, 0.05) is 4.47 Å². The Hall–Kier alpha value is -1.60. The molecule has 0 spiro atoms. The fourth-order valence-corrected chi connectivity index (χ4v) is 1.37. The van der Waals surface area contributed by atoms with E-state index >= 15 is 0 Å². The third-order valence-corrected chi connectivity index (χ3v) is 2.53. The van der Waals surface area contributed by atoms with Crippen molar-refractivity contribution in [2.45, 2.75) is 6.04 Å². The SMILES string of the molecule is O=C(COc1ccc(Br)cc1)N[C@@H](CO)C(=O)O. The number of aliphatic hydroxyl groups is 1. The summed E-state index contributed by atoms with van der Waals surface area (Å²) in [6.07, 6.45) is 0. The van der Waals surface area contributed by atoms with E-state index in [1.807, 2.05) is 0 Å². The lowest BCUT2D eigenvalue weighted by molar-refractivity contribution is -0.143. The zero-order chi connectivity index (χ0) is 13.5. The van der Waals surface area contributed by atoms with Gasteiger partial charge in [-0.25, -0.2) is 4.79 Å². The van der Waals surface area contributed by atoms with Gasteiger partial charge in [0.1, 0.15) is 11.8 Å². The van der Waals surface area contributed by atoms with Crippen LogP contribution in [0.15, 0.2) is 28.7 Å². The van der Waals surface area contributed by atoms with Crippen LogP contribution in [-0.2, 0) is 9.59 Å². The summed E-state index contributed by atoms with van der Waals surface area (Å²) in [7, 11) is 0. The van der Waals surface area contributed by atoms with Crippen molar-refractivity contribution in [1.29, 1.82) is 0 Å². The number of hydrogen-bond acceptors (Lipinski definition) is 4. The van der Waals surface area contributed by atoms with Crippen molar-refractivity contribution in [3.63, 3.8) is 0 Å². The Morgan fingerprint density at radius 3 is 2.44 bits per heavy atom. The van der Waals surface area contributed by atoms with E-state index in [1.54, 1.807) is 24.3 Å². The maximum Gasteiger partial charge on any atom is 0.328 e. The van der Waals surface area contributed by atoms with E-state index in [2.05, 4.69) is 21.2 Å². The number of rotatable bonds is 6. The van der Waals surface area contributed by atoms with Crippen molar-refractivity contribution in [3.05, 3.63) is 28.7 Å². The van der Waals surface area contributed by atoms with E-state index in [1.165, 1.54) is 0 Å². The van der Waals surface area contributed by atoms with Gasteiger partial charge in [0.15, 0.2) is 6.61 Å². The quantitative estimate of drug-likeness (QED) is 0.705. The first-order valence-corrected chi connectivity index (χ1v) is 5.83. The average Bonchev–Trinajstić information content (AvgIpc) is 2.35. The van der Waals surface area contributed by atoms with Gasteiger partial charge in [-0.3, -0.25) is 4.79 Å². The number of aliphatic hydroxyl groups excluding tert-OH is 1. The molecule has 0 fully saturated rings. The molecule has 18 heavy (non-hydrogen) atoms. The fourth-order valence-electron chi connectivity index (χ4n) is 1.10. The van der Waals surface area contributed by atoms with Crippen LogP contribution in [0.4, 0.5) is 0 Å². The highest BCUT2D eigenvalue weighted by atomic mass is 79.9. The number of halogens is 1. The Morgan fingerprint density at radius 1 is 1.33 bits per heavy atom. The predicted octanol–water partition coefficient (Wildman–Crippen LogP) is 0.390. The van der Waals surface area contributed by atoms with Gasteiger partial charge in [0.25, 0.3) is 5.91 Å². The molecule has 0 aliphatic rings. The van der Waals surface area contributed by atoms with E-state index < -0.39 is 24.5 Å². The summed E-state index contributed by atoms with van der Waals surface area (Å²) >= 11 is 3.26. The molecule has 7 heteroatoms. The zero-order valence-electron chi connectivity index (χ0n) is 9.30. The van der Waals surface area contributed by atoms with Crippen LogP contribution < -0.4 is 10.1 Å². The minimum absolute atomic E-state index is 0.314. The summed E-state index contributed by atoms with van der Waals surface area (Å²) in [5.41, 5.74) is 0. The number of benzene rings is 1. The minimum Gasteiger partial charge on any atom is -0.484 e. The number of aliphatic carboxylic acids is 1. The molecule has 0 bridgehead atoms. The van der Waals surface area contributed by atoms with E-state index in [9.17, 15) is 9.59 Å². The summed E-state index contributed by atoms with van der Waals surface area (Å²) < 4.78 is 6.02. The Balaban J connectivity index is 2.41. The van der Waals surface area contributed by atoms with Crippen LogP contribution in [-0.4, -0.2) is 41.3 Å². The molecule has 0 unspecified atom stereocenters. The van der Waals surface area contributed by atoms with Crippen LogP contribution in [0, 0.1) is 0 Å². The first-order valence-electron chi connectivity index (χ1n) is 5.04. The highest BCUT2D eigenvalue weighted by Gasteiger charge is 2.18. The standard InChI is InChI=1S/C11H12BrNO5/c12-7-1-3-8(4-2-7)18-6-10(15)13-9(5-14)11(16)17/h1-4,9,14H,5-6H2,(H,13,15)(H,16,17)/t9-/m0/s1. The van der Waals surface area contributed by atoms with Gasteiger partial charge in [0.2, 0.25) is 0 Å². The van der Waals surface area contributed by atoms with Gasteiger partial charge in [-0.05, 0) is 24.3 Å². The number of amides is 1. The second-order valence-corrected chi connectivity index (χ2v) is 4.30.